The minimum Gasteiger partial charge on any atom is -0.355 e. The highest BCUT2D eigenvalue weighted by molar-refractivity contribution is 8.00. The Hall–Kier alpha value is -1.74. The van der Waals surface area contributed by atoms with Crippen LogP contribution in [0.4, 0.5) is 0 Å². The number of benzene rings is 2. The average Bonchev–Trinajstić information content (AvgIpc) is 2.52. The first kappa shape index (κ1) is 15.6. The van der Waals surface area contributed by atoms with Crippen molar-refractivity contribution in [3.05, 3.63) is 65.7 Å². The van der Waals surface area contributed by atoms with Crippen molar-refractivity contribution in [1.82, 2.24) is 5.32 Å². The molecule has 0 radical (unpaired) electrons. The second-order valence-corrected chi connectivity index (χ2v) is 6.09. The standard InChI is InChI=1S/C18H21NOS/c1-15-9-11-16(12-10-15)6-5-13-19-18(20)14-21-17-7-3-2-4-8-17/h2-4,7-12H,5-6,13-14H2,1H3,(H,19,20). The molecule has 0 unspecified atom stereocenters. The van der Waals surface area contributed by atoms with E-state index in [2.05, 4.69) is 36.5 Å². The second kappa shape index (κ2) is 8.53. The van der Waals surface area contributed by atoms with E-state index in [4.69, 9.17) is 0 Å². The summed E-state index contributed by atoms with van der Waals surface area (Å²) in [6, 6.07) is 18.6. The molecule has 1 N–H and O–H groups in total. The van der Waals surface area contributed by atoms with Crippen LogP contribution in [0.15, 0.2) is 59.5 Å². The van der Waals surface area contributed by atoms with Gasteiger partial charge in [0.2, 0.25) is 5.91 Å². The lowest BCUT2D eigenvalue weighted by Crippen LogP contribution is -2.26. The molecule has 0 aliphatic heterocycles. The van der Waals surface area contributed by atoms with Gasteiger partial charge in [-0.1, -0.05) is 48.0 Å². The van der Waals surface area contributed by atoms with Gasteiger partial charge in [-0.15, -0.1) is 11.8 Å². The third-order valence-electron chi connectivity index (χ3n) is 3.20. The normalized spacial score (nSPS) is 10.3. The maximum Gasteiger partial charge on any atom is 0.230 e. The molecular weight excluding hydrogens is 278 g/mol. The van der Waals surface area contributed by atoms with E-state index in [1.165, 1.54) is 11.1 Å². The molecule has 0 saturated heterocycles. The van der Waals surface area contributed by atoms with Gasteiger partial charge in [-0.25, -0.2) is 0 Å². The number of carbonyl (C=O) groups excluding carboxylic acids is 1. The highest BCUT2D eigenvalue weighted by Gasteiger charge is 2.02. The lowest BCUT2D eigenvalue weighted by molar-refractivity contribution is -0.118. The van der Waals surface area contributed by atoms with E-state index in [0.29, 0.717) is 5.75 Å². The first-order valence-electron chi connectivity index (χ1n) is 7.24. The number of aryl methyl sites for hydroxylation is 2. The maximum absolute atomic E-state index is 11.7. The van der Waals surface area contributed by atoms with Crippen molar-refractivity contribution in [2.45, 2.75) is 24.7 Å². The molecule has 0 aromatic heterocycles. The summed E-state index contributed by atoms with van der Waals surface area (Å²) in [7, 11) is 0. The topological polar surface area (TPSA) is 29.1 Å². The van der Waals surface area contributed by atoms with Crippen molar-refractivity contribution in [2.75, 3.05) is 12.3 Å². The van der Waals surface area contributed by atoms with Gasteiger partial charge in [0.1, 0.15) is 0 Å². The summed E-state index contributed by atoms with van der Waals surface area (Å²) in [5.74, 6) is 0.585. The van der Waals surface area contributed by atoms with E-state index in [1.54, 1.807) is 11.8 Å². The molecule has 0 fully saturated rings. The number of nitrogens with one attached hydrogen (secondary N) is 1. The van der Waals surface area contributed by atoms with Gasteiger partial charge in [0.25, 0.3) is 0 Å². The van der Waals surface area contributed by atoms with Crippen molar-refractivity contribution in [3.63, 3.8) is 0 Å². The molecular formula is C18H21NOS. The monoisotopic (exact) mass is 299 g/mol. The fourth-order valence-electron chi connectivity index (χ4n) is 1.99. The first-order chi connectivity index (χ1) is 10.2. The summed E-state index contributed by atoms with van der Waals surface area (Å²) >= 11 is 1.57. The van der Waals surface area contributed by atoms with Gasteiger partial charge >= 0.3 is 0 Å². The summed E-state index contributed by atoms with van der Waals surface area (Å²) < 4.78 is 0. The van der Waals surface area contributed by atoms with Gasteiger partial charge in [-0.05, 0) is 37.5 Å². The van der Waals surface area contributed by atoms with Crippen molar-refractivity contribution in [2.24, 2.45) is 0 Å². The molecule has 110 valence electrons. The Morgan fingerprint density at radius 2 is 1.76 bits per heavy atom. The first-order valence-corrected chi connectivity index (χ1v) is 8.23. The molecule has 21 heavy (non-hydrogen) atoms. The summed E-state index contributed by atoms with van der Waals surface area (Å²) in [6.45, 7) is 2.83. The molecule has 0 aliphatic rings. The Balaban J connectivity index is 1.60. The number of thioether (sulfide) groups is 1. The highest BCUT2D eigenvalue weighted by atomic mass is 32.2. The van der Waals surface area contributed by atoms with Crippen molar-refractivity contribution in [3.8, 4) is 0 Å². The average molecular weight is 299 g/mol. The maximum atomic E-state index is 11.7. The fraction of sp³-hybridized carbons (Fsp3) is 0.278. The number of hydrogen-bond acceptors (Lipinski definition) is 2. The van der Waals surface area contributed by atoms with Crippen LogP contribution in [0.1, 0.15) is 17.5 Å². The lowest BCUT2D eigenvalue weighted by Gasteiger charge is -2.06. The van der Waals surface area contributed by atoms with E-state index in [9.17, 15) is 4.79 Å². The van der Waals surface area contributed by atoms with Gasteiger partial charge in [0.05, 0.1) is 5.75 Å². The fourth-order valence-corrected chi connectivity index (χ4v) is 2.74. The van der Waals surface area contributed by atoms with Gasteiger partial charge in [-0.3, -0.25) is 4.79 Å². The highest BCUT2D eigenvalue weighted by Crippen LogP contribution is 2.16. The second-order valence-electron chi connectivity index (χ2n) is 5.04. The minimum atomic E-state index is 0.104. The van der Waals surface area contributed by atoms with E-state index in [1.807, 2.05) is 30.3 Å². The van der Waals surface area contributed by atoms with Crippen molar-refractivity contribution in [1.29, 1.82) is 0 Å². The van der Waals surface area contributed by atoms with Crippen LogP contribution < -0.4 is 5.32 Å². The van der Waals surface area contributed by atoms with Crippen LogP contribution in [0.2, 0.25) is 0 Å². The Kier molecular flexibility index (Phi) is 6.35. The predicted octanol–water partition coefficient (Wildman–Crippen LogP) is 3.84. The van der Waals surface area contributed by atoms with Gasteiger partial charge in [0, 0.05) is 11.4 Å². The molecule has 0 atom stereocenters. The summed E-state index contributed by atoms with van der Waals surface area (Å²) in [5, 5.41) is 2.97. The van der Waals surface area contributed by atoms with Crippen LogP contribution in [0.5, 0.6) is 0 Å². The van der Waals surface area contributed by atoms with E-state index >= 15 is 0 Å². The molecule has 0 aliphatic carbocycles. The molecule has 2 aromatic carbocycles. The summed E-state index contributed by atoms with van der Waals surface area (Å²) in [4.78, 5) is 12.9. The third kappa shape index (κ3) is 6.05. The third-order valence-corrected chi connectivity index (χ3v) is 4.21. The number of carbonyl (C=O) groups is 1. The Labute approximate surface area is 131 Å². The van der Waals surface area contributed by atoms with Crippen LogP contribution in [0, 0.1) is 6.92 Å². The zero-order chi connectivity index (χ0) is 14.9. The van der Waals surface area contributed by atoms with E-state index in [-0.39, 0.29) is 5.91 Å². The quantitative estimate of drug-likeness (QED) is 0.622. The molecule has 0 heterocycles. The SMILES string of the molecule is Cc1ccc(CCCNC(=O)CSc2ccccc2)cc1. The van der Waals surface area contributed by atoms with Gasteiger partial charge in [-0.2, -0.15) is 0 Å². The van der Waals surface area contributed by atoms with Crippen LogP contribution in [-0.2, 0) is 11.2 Å². The summed E-state index contributed by atoms with van der Waals surface area (Å²) in [6.07, 6.45) is 1.98. The zero-order valence-electron chi connectivity index (χ0n) is 12.3. The Morgan fingerprint density at radius 1 is 1.05 bits per heavy atom. The number of hydrogen-bond donors (Lipinski definition) is 1. The van der Waals surface area contributed by atoms with E-state index < -0.39 is 0 Å². The molecule has 2 nitrogen and oxygen atoms in total. The predicted molar refractivity (Wildman–Crippen MR) is 89.7 cm³/mol. The van der Waals surface area contributed by atoms with Crippen molar-refractivity contribution >= 4 is 17.7 Å². The molecule has 0 saturated carbocycles. The van der Waals surface area contributed by atoms with Crippen LogP contribution >= 0.6 is 11.8 Å². The van der Waals surface area contributed by atoms with Gasteiger partial charge < -0.3 is 5.32 Å². The molecule has 0 spiro atoms. The molecule has 0 bridgehead atoms. The minimum absolute atomic E-state index is 0.104. The Bertz CT molecular complexity index is 551. The van der Waals surface area contributed by atoms with Crippen molar-refractivity contribution < 1.29 is 4.79 Å². The lowest BCUT2D eigenvalue weighted by atomic mass is 10.1. The molecule has 1 amide bonds. The number of amides is 1. The van der Waals surface area contributed by atoms with E-state index in [0.717, 1.165) is 24.3 Å². The smallest absolute Gasteiger partial charge is 0.230 e. The largest absolute Gasteiger partial charge is 0.355 e. The van der Waals surface area contributed by atoms with Crippen LogP contribution in [0.3, 0.4) is 0 Å². The zero-order valence-corrected chi connectivity index (χ0v) is 13.2. The van der Waals surface area contributed by atoms with Crippen LogP contribution in [0.25, 0.3) is 0 Å². The van der Waals surface area contributed by atoms with Gasteiger partial charge in [0.15, 0.2) is 0 Å². The Morgan fingerprint density at radius 3 is 2.48 bits per heavy atom. The number of rotatable bonds is 7. The molecule has 2 rings (SSSR count). The molecule has 2 aromatic rings. The molecule has 3 heteroatoms. The summed E-state index contributed by atoms with van der Waals surface area (Å²) in [5.41, 5.74) is 2.61. The van der Waals surface area contributed by atoms with Crippen LogP contribution in [-0.4, -0.2) is 18.2 Å².